The molecule has 1 amide bonds. The normalized spacial score (nSPS) is 10.8. The zero-order chi connectivity index (χ0) is 10.6. The monoisotopic (exact) mass is 184 g/mol. The quantitative estimate of drug-likeness (QED) is 0.602. The van der Waals surface area contributed by atoms with Gasteiger partial charge in [0.1, 0.15) is 0 Å². The molecule has 0 radical (unpaired) electrons. The van der Waals surface area contributed by atoms with E-state index in [1.54, 1.807) is 11.9 Å². The molecule has 0 aromatic heterocycles. The average molecular weight is 184 g/mol. The molecule has 0 spiro atoms. The number of carbonyl (C=O) groups is 1. The van der Waals surface area contributed by atoms with Crippen molar-refractivity contribution in [3.8, 4) is 0 Å². The van der Waals surface area contributed by atoms with Crippen LogP contribution in [0.3, 0.4) is 0 Å². The number of hydrogen-bond donors (Lipinski definition) is 0. The fraction of sp³-hybridized carbons (Fsp3) is 0.700. The van der Waals surface area contributed by atoms with Crippen LogP contribution < -0.4 is 0 Å². The van der Waals surface area contributed by atoms with Gasteiger partial charge in [0.2, 0.25) is 6.41 Å². The zero-order valence-corrected chi connectivity index (χ0v) is 9.29. The third kappa shape index (κ3) is 2.47. The van der Waals surface area contributed by atoms with E-state index in [1.807, 2.05) is 25.8 Å². The van der Waals surface area contributed by atoms with Crippen LogP contribution in [0.4, 0.5) is 0 Å². The Labute approximate surface area is 81.0 Å². The van der Waals surface area contributed by atoms with Gasteiger partial charge < -0.3 is 9.80 Å². The van der Waals surface area contributed by atoms with Crippen LogP contribution in [0, 0.1) is 0 Å². The summed E-state index contributed by atoms with van der Waals surface area (Å²) in [7, 11) is 3.74. The molecule has 0 N–H and O–H groups in total. The number of amides is 1. The lowest BCUT2D eigenvalue weighted by molar-refractivity contribution is -0.120. The molecular weight excluding hydrogens is 164 g/mol. The second-order valence-corrected chi connectivity index (χ2v) is 3.74. The van der Waals surface area contributed by atoms with Crippen molar-refractivity contribution in [2.45, 2.75) is 26.3 Å². The molecule has 0 fully saturated rings. The summed E-state index contributed by atoms with van der Waals surface area (Å²) in [5, 5.41) is 0. The summed E-state index contributed by atoms with van der Waals surface area (Å²) in [5.74, 6) is 0. The Balaban J connectivity index is 4.62. The molecule has 0 aromatic carbocycles. The predicted octanol–water partition coefficient (Wildman–Crippen LogP) is 1.32. The van der Waals surface area contributed by atoms with Crippen LogP contribution in [0.2, 0.25) is 0 Å². The molecule has 3 nitrogen and oxygen atoms in total. The van der Waals surface area contributed by atoms with Gasteiger partial charge in [0.05, 0.1) is 5.54 Å². The average Bonchev–Trinajstić information content (AvgIpc) is 2.13. The predicted molar refractivity (Wildman–Crippen MR) is 55.4 cm³/mol. The number of nitrogens with zero attached hydrogens (tertiary/aromatic N) is 2. The molecule has 0 aliphatic heterocycles. The van der Waals surface area contributed by atoms with Gasteiger partial charge >= 0.3 is 0 Å². The van der Waals surface area contributed by atoms with E-state index in [9.17, 15) is 4.79 Å². The summed E-state index contributed by atoms with van der Waals surface area (Å²) in [5.41, 5.74) is 0.636. The minimum Gasteiger partial charge on any atom is -0.377 e. The first-order valence-corrected chi connectivity index (χ1v) is 4.46. The van der Waals surface area contributed by atoms with E-state index < -0.39 is 0 Å². The highest BCUT2D eigenvalue weighted by Gasteiger charge is 2.27. The van der Waals surface area contributed by atoms with Gasteiger partial charge in [0.25, 0.3) is 0 Å². The van der Waals surface area contributed by atoms with Gasteiger partial charge in [-0.1, -0.05) is 6.58 Å². The largest absolute Gasteiger partial charge is 0.377 e. The molecule has 0 saturated heterocycles. The van der Waals surface area contributed by atoms with Crippen molar-refractivity contribution in [2.75, 3.05) is 20.6 Å². The second-order valence-electron chi connectivity index (χ2n) is 3.74. The third-order valence-corrected chi connectivity index (χ3v) is 2.68. The SMILES string of the molecule is C=C(N(C)CC)C(C)(C)N(C)C=O. The minimum atomic E-state index is -0.313. The summed E-state index contributed by atoms with van der Waals surface area (Å²) in [4.78, 5) is 14.3. The van der Waals surface area contributed by atoms with E-state index in [0.29, 0.717) is 0 Å². The Morgan fingerprint density at radius 3 is 2.23 bits per heavy atom. The molecule has 0 unspecified atom stereocenters. The molecule has 0 bridgehead atoms. The second kappa shape index (κ2) is 4.30. The maximum absolute atomic E-state index is 10.6. The van der Waals surface area contributed by atoms with E-state index in [-0.39, 0.29) is 5.54 Å². The highest BCUT2D eigenvalue weighted by atomic mass is 16.1. The minimum absolute atomic E-state index is 0.313. The van der Waals surface area contributed by atoms with Crippen molar-refractivity contribution in [1.29, 1.82) is 0 Å². The lowest BCUT2D eigenvalue weighted by atomic mass is 9.99. The molecular formula is C10H20N2O. The van der Waals surface area contributed by atoms with Gasteiger partial charge in [-0.05, 0) is 20.8 Å². The van der Waals surface area contributed by atoms with Gasteiger partial charge in [-0.3, -0.25) is 4.79 Å². The number of carbonyl (C=O) groups excluding carboxylic acids is 1. The van der Waals surface area contributed by atoms with Crippen LogP contribution >= 0.6 is 0 Å². The van der Waals surface area contributed by atoms with Gasteiger partial charge in [-0.25, -0.2) is 0 Å². The first kappa shape index (κ1) is 12.0. The van der Waals surface area contributed by atoms with Crippen molar-refractivity contribution >= 4 is 6.41 Å². The van der Waals surface area contributed by atoms with Gasteiger partial charge in [0, 0.05) is 26.3 Å². The molecule has 0 atom stereocenters. The topological polar surface area (TPSA) is 23.6 Å². The molecule has 0 heterocycles. The van der Waals surface area contributed by atoms with Crippen LogP contribution in [-0.4, -0.2) is 42.4 Å². The maximum Gasteiger partial charge on any atom is 0.210 e. The van der Waals surface area contributed by atoms with E-state index >= 15 is 0 Å². The van der Waals surface area contributed by atoms with Crippen molar-refractivity contribution in [1.82, 2.24) is 9.80 Å². The van der Waals surface area contributed by atoms with E-state index in [1.165, 1.54) is 0 Å². The number of likely N-dealkylation sites (N-methyl/N-ethyl adjacent to an activating group) is 2. The lowest BCUT2D eigenvalue weighted by Crippen LogP contribution is -2.46. The third-order valence-electron chi connectivity index (χ3n) is 2.68. The standard InChI is InChI=1S/C10H20N2O/c1-7-11(5)9(2)10(3,4)12(6)8-13/h8H,2,7H2,1,3-6H3. The highest BCUT2D eigenvalue weighted by molar-refractivity contribution is 5.49. The van der Waals surface area contributed by atoms with Crippen molar-refractivity contribution in [3.63, 3.8) is 0 Å². The van der Waals surface area contributed by atoms with Crippen LogP contribution in [0.5, 0.6) is 0 Å². The fourth-order valence-corrected chi connectivity index (χ4v) is 0.993. The Morgan fingerprint density at radius 2 is 1.92 bits per heavy atom. The first-order chi connectivity index (χ1) is 5.87. The lowest BCUT2D eigenvalue weighted by Gasteiger charge is -2.38. The van der Waals surface area contributed by atoms with Crippen LogP contribution in [-0.2, 0) is 4.79 Å². The number of hydrogen-bond acceptors (Lipinski definition) is 2. The molecule has 3 heteroatoms. The Bertz CT molecular complexity index is 199. The molecule has 76 valence electrons. The maximum atomic E-state index is 10.6. The molecule has 13 heavy (non-hydrogen) atoms. The van der Waals surface area contributed by atoms with Crippen LogP contribution in [0.1, 0.15) is 20.8 Å². The van der Waals surface area contributed by atoms with Gasteiger partial charge in [-0.2, -0.15) is 0 Å². The van der Waals surface area contributed by atoms with Crippen molar-refractivity contribution < 1.29 is 4.79 Å². The summed E-state index contributed by atoms with van der Waals surface area (Å²) in [6.45, 7) is 10.9. The van der Waals surface area contributed by atoms with Crippen LogP contribution in [0.25, 0.3) is 0 Å². The van der Waals surface area contributed by atoms with Crippen molar-refractivity contribution in [3.05, 3.63) is 12.3 Å². The first-order valence-electron chi connectivity index (χ1n) is 4.46. The van der Waals surface area contributed by atoms with E-state index in [2.05, 4.69) is 13.5 Å². The Kier molecular flexibility index (Phi) is 3.98. The fourth-order valence-electron chi connectivity index (χ4n) is 0.993. The van der Waals surface area contributed by atoms with Gasteiger partial charge in [-0.15, -0.1) is 0 Å². The summed E-state index contributed by atoms with van der Waals surface area (Å²) in [6, 6.07) is 0. The smallest absolute Gasteiger partial charge is 0.210 e. The van der Waals surface area contributed by atoms with E-state index in [0.717, 1.165) is 18.7 Å². The number of rotatable bonds is 5. The van der Waals surface area contributed by atoms with E-state index in [4.69, 9.17) is 0 Å². The van der Waals surface area contributed by atoms with Crippen LogP contribution in [0.15, 0.2) is 12.3 Å². The molecule has 0 saturated carbocycles. The Hall–Kier alpha value is -0.990. The summed E-state index contributed by atoms with van der Waals surface area (Å²) < 4.78 is 0. The summed E-state index contributed by atoms with van der Waals surface area (Å²) in [6.07, 6.45) is 0.828. The zero-order valence-electron chi connectivity index (χ0n) is 9.29. The summed E-state index contributed by atoms with van der Waals surface area (Å²) >= 11 is 0. The molecule has 0 aromatic rings. The van der Waals surface area contributed by atoms with Crippen molar-refractivity contribution in [2.24, 2.45) is 0 Å². The molecule has 0 aliphatic rings. The molecule has 0 rings (SSSR count). The molecule has 0 aliphatic carbocycles. The highest BCUT2D eigenvalue weighted by Crippen LogP contribution is 2.21. The Morgan fingerprint density at radius 1 is 1.46 bits per heavy atom. The van der Waals surface area contributed by atoms with Gasteiger partial charge in [0.15, 0.2) is 0 Å².